The van der Waals surface area contributed by atoms with Crippen molar-refractivity contribution in [3.8, 4) is 17.2 Å². The molecule has 1 amide bonds. The molecule has 0 aliphatic rings. The minimum Gasteiger partial charge on any atom is -0.494 e. The number of rotatable bonds is 8. The molecule has 0 saturated carbocycles. The van der Waals surface area contributed by atoms with E-state index in [2.05, 4.69) is 0 Å². The molecule has 7 nitrogen and oxygen atoms in total. The monoisotopic (exact) mass is 438 g/mol. The number of benzene rings is 2. The van der Waals surface area contributed by atoms with Gasteiger partial charge in [0.15, 0.2) is 16.6 Å². The summed E-state index contributed by atoms with van der Waals surface area (Å²) in [5.41, 5.74) is 1.17. The molecule has 31 heavy (non-hydrogen) atoms. The van der Waals surface area contributed by atoms with Crippen molar-refractivity contribution in [1.82, 2.24) is 4.98 Å². The lowest BCUT2D eigenvalue weighted by molar-refractivity contribution is 0.0979. The molecule has 2 aromatic heterocycles. The van der Waals surface area contributed by atoms with Crippen molar-refractivity contribution >= 4 is 32.6 Å². The van der Waals surface area contributed by atoms with Crippen molar-refractivity contribution < 1.29 is 23.4 Å². The fraction of sp³-hybridized carbons (Fsp3) is 0.217. The average Bonchev–Trinajstić information content (AvgIpc) is 3.45. The minimum atomic E-state index is -0.267. The lowest BCUT2D eigenvalue weighted by Crippen LogP contribution is -2.30. The number of fused-ring (bicyclic) bond motifs is 1. The maximum Gasteiger partial charge on any atom is 0.264 e. The third-order valence-corrected chi connectivity index (χ3v) is 5.70. The summed E-state index contributed by atoms with van der Waals surface area (Å²) in [6, 6.07) is 14.5. The molecular formula is C23H22N2O5S. The predicted octanol–water partition coefficient (Wildman–Crippen LogP) is 5.15. The van der Waals surface area contributed by atoms with Gasteiger partial charge in [0.1, 0.15) is 11.5 Å². The highest BCUT2D eigenvalue weighted by molar-refractivity contribution is 7.22. The molecule has 160 valence electrons. The summed E-state index contributed by atoms with van der Waals surface area (Å²) in [4.78, 5) is 19.9. The third kappa shape index (κ3) is 4.20. The normalized spacial score (nSPS) is 10.8. The zero-order valence-corrected chi connectivity index (χ0v) is 18.3. The number of para-hydroxylation sites is 1. The van der Waals surface area contributed by atoms with Crippen molar-refractivity contribution in [3.63, 3.8) is 0 Å². The number of aromatic nitrogens is 1. The van der Waals surface area contributed by atoms with Crippen LogP contribution in [0.25, 0.3) is 10.2 Å². The summed E-state index contributed by atoms with van der Waals surface area (Å²) in [5, 5.41) is 0.551. The fourth-order valence-corrected chi connectivity index (χ4v) is 4.24. The molecule has 0 aliphatic heterocycles. The van der Waals surface area contributed by atoms with Gasteiger partial charge in [0, 0.05) is 0 Å². The molecule has 0 N–H and O–H groups in total. The Morgan fingerprint density at radius 2 is 2.00 bits per heavy atom. The van der Waals surface area contributed by atoms with Crippen LogP contribution in [0.15, 0.2) is 59.2 Å². The van der Waals surface area contributed by atoms with E-state index in [0.29, 0.717) is 34.6 Å². The number of ether oxygens (including phenoxy) is 3. The summed E-state index contributed by atoms with van der Waals surface area (Å²) < 4.78 is 22.9. The summed E-state index contributed by atoms with van der Waals surface area (Å²) in [6.07, 6.45) is 1.58. The Kier molecular flexibility index (Phi) is 6.08. The van der Waals surface area contributed by atoms with E-state index >= 15 is 0 Å². The Morgan fingerprint density at radius 3 is 2.71 bits per heavy atom. The zero-order valence-electron chi connectivity index (χ0n) is 17.5. The molecule has 4 aromatic rings. The number of methoxy groups -OCH3 is 2. The number of amides is 1. The Balaban J connectivity index is 1.78. The fourth-order valence-electron chi connectivity index (χ4n) is 3.25. The molecule has 4 rings (SSSR count). The van der Waals surface area contributed by atoms with Crippen LogP contribution in [0.1, 0.15) is 23.0 Å². The lowest BCUT2D eigenvalue weighted by Gasteiger charge is -2.20. The van der Waals surface area contributed by atoms with Crippen molar-refractivity contribution in [1.29, 1.82) is 0 Å². The maximum atomic E-state index is 13.7. The van der Waals surface area contributed by atoms with Gasteiger partial charge in [-0.05, 0) is 49.4 Å². The summed E-state index contributed by atoms with van der Waals surface area (Å²) >= 11 is 1.41. The standard InChI is InChI=1S/C23H22N2O5S/c1-4-29-15-10-11-18-20(13-15)31-23(24-18)25(14-16-7-6-12-30-16)22(26)17-8-5-9-19(27-2)21(17)28-3/h5-13H,4,14H2,1-3H3. The van der Waals surface area contributed by atoms with Crippen LogP contribution in [-0.4, -0.2) is 31.7 Å². The first-order valence-corrected chi connectivity index (χ1v) is 10.5. The second-order valence-electron chi connectivity index (χ2n) is 6.57. The number of hydrogen-bond donors (Lipinski definition) is 0. The molecule has 0 fully saturated rings. The summed E-state index contributed by atoms with van der Waals surface area (Å²) in [5.74, 6) is 2.00. The van der Waals surface area contributed by atoms with Crippen LogP contribution in [0.3, 0.4) is 0 Å². The number of anilines is 1. The van der Waals surface area contributed by atoms with Gasteiger partial charge in [-0.15, -0.1) is 0 Å². The number of carbonyl (C=O) groups excluding carboxylic acids is 1. The molecule has 0 saturated heterocycles. The maximum absolute atomic E-state index is 13.7. The van der Waals surface area contributed by atoms with Crippen molar-refractivity contribution in [3.05, 3.63) is 66.1 Å². The van der Waals surface area contributed by atoms with Gasteiger partial charge in [0.2, 0.25) is 0 Å². The van der Waals surface area contributed by atoms with Gasteiger partial charge < -0.3 is 18.6 Å². The van der Waals surface area contributed by atoms with Gasteiger partial charge in [-0.25, -0.2) is 4.98 Å². The van der Waals surface area contributed by atoms with Gasteiger partial charge in [0.25, 0.3) is 5.91 Å². The van der Waals surface area contributed by atoms with E-state index in [9.17, 15) is 4.79 Å². The molecule has 8 heteroatoms. The topological polar surface area (TPSA) is 74.0 Å². The second kappa shape index (κ2) is 9.09. The van der Waals surface area contributed by atoms with E-state index in [4.69, 9.17) is 23.6 Å². The van der Waals surface area contributed by atoms with Crippen LogP contribution in [-0.2, 0) is 6.54 Å². The molecule has 0 atom stereocenters. The van der Waals surface area contributed by atoms with Crippen LogP contribution in [0.2, 0.25) is 0 Å². The molecule has 0 bridgehead atoms. The number of carbonyl (C=O) groups is 1. The molecular weight excluding hydrogens is 416 g/mol. The van der Waals surface area contributed by atoms with Crippen molar-refractivity contribution in [2.24, 2.45) is 0 Å². The second-order valence-corrected chi connectivity index (χ2v) is 7.58. The van der Waals surface area contributed by atoms with Crippen LogP contribution in [0, 0.1) is 0 Å². The Morgan fingerprint density at radius 1 is 1.13 bits per heavy atom. The van der Waals surface area contributed by atoms with Crippen LogP contribution in [0.5, 0.6) is 17.2 Å². The van der Waals surface area contributed by atoms with Crippen LogP contribution in [0.4, 0.5) is 5.13 Å². The average molecular weight is 439 g/mol. The van der Waals surface area contributed by atoms with Gasteiger partial charge in [-0.3, -0.25) is 9.69 Å². The van der Waals surface area contributed by atoms with E-state index in [1.54, 1.807) is 35.4 Å². The van der Waals surface area contributed by atoms with Gasteiger partial charge in [-0.2, -0.15) is 0 Å². The van der Waals surface area contributed by atoms with E-state index in [1.165, 1.54) is 25.6 Å². The van der Waals surface area contributed by atoms with E-state index < -0.39 is 0 Å². The lowest BCUT2D eigenvalue weighted by atomic mass is 10.1. The highest BCUT2D eigenvalue weighted by Crippen LogP contribution is 2.36. The number of thiazole rings is 1. The largest absolute Gasteiger partial charge is 0.494 e. The van der Waals surface area contributed by atoms with Crippen molar-refractivity contribution in [2.45, 2.75) is 13.5 Å². The van der Waals surface area contributed by atoms with E-state index in [0.717, 1.165) is 16.0 Å². The van der Waals surface area contributed by atoms with Crippen LogP contribution >= 0.6 is 11.3 Å². The first-order chi connectivity index (χ1) is 15.1. The third-order valence-electron chi connectivity index (χ3n) is 4.66. The van der Waals surface area contributed by atoms with Crippen molar-refractivity contribution in [2.75, 3.05) is 25.7 Å². The van der Waals surface area contributed by atoms with Crippen LogP contribution < -0.4 is 19.1 Å². The van der Waals surface area contributed by atoms with E-state index in [1.807, 2.05) is 31.2 Å². The first kappa shape index (κ1) is 20.7. The first-order valence-electron chi connectivity index (χ1n) is 9.73. The Bertz CT molecular complexity index is 1190. The number of nitrogens with zero attached hydrogens (tertiary/aromatic N) is 2. The number of hydrogen-bond acceptors (Lipinski definition) is 7. The van der Waals surface area contributed by atoms with Gasteiger partial charge >= 0.3 is 0 Å². The highest BCUT2D eigenvalue weighted by Gasteiger charge is 2.26. The summed E-state index contributed by atoms with van der Waals surface area (Å²) in [7, 11) is 3.05. The molecule has 0 spiro atoms. The minimum absolute atomic E-state index is 0.227. The smallest absolute Gasteiger partial charge is 0.264 e. The Hall–Kier alpha value is -3.52. The molecule has 0 unspecified atom stereocenters. The zero-order chi connectivity index (χ0) is 21.8. The van der Waals surface area contributed by atoms with Gasteiger partial charge in [0.05, 0.1) is 49.4 Å². The summed E-state index contributed by atoms with van der Waals surface area (Å²) in [6.45, 7) is 2.74. The van der Waals surface area contributed by atoms with Gasteiger partial charge in [-0.1, -0.05) is 17.4 Å². The highest BCUT2D eigenvalue weighted by atomic mass is 32.1. The Labute approximate surface area is 183 Å². The molecule has 0 aliphatic carbocycles. The quantitative estimate of drug-likeness (QED) is 0.379. The number of furan rings is 1. The van der Waals surface area contributed by atoms with E-state index in [-0.39, 0.29) is 12.5 Å². The SMILES string of the molecule is CCOc1ccc2nc(N(Cc3ccco3)C(=O)c3cccc(OC)c3OC)sc2c1. The molecule has 2 heterocycles. The molecule has 2 aromatic carbocycles. The molecule has 0 radical (unpaired) electrons. The predicted molar refractivity (Wildman–Crippen MR) is 120 cm³/mol.